The van der Waals surface area contributed by atoms with Gasteiger partial charge in [0.2, 0.25) is 0 Å². The summed E-state index contributed by atoms with van der Waals surface area (Å²) in [6.45, 7) is 0.459. The van der Waals surface area contributed by atoms with Crippen molar-refractivity contribution in [2.24, 2.45) is 7.05 Å². The molecule has 1 N–H and O–H groups in total. The van der Waals surface area contributed by atoms with E-state index in [1.807, 2.05) is 30.9 Å². The van der Waals surface area contributed by atoms with Crippen LogP contribution in [0.3, 0.4) is 0 Å². The zero-order valence-electron chi connectivity index (χ0n) is 15.7. The minimum Gasteiger partial charge on any atom is -0.467 e. The van der Waals surface area contributed by atoms with Crippen molar-refractivity contribution < 1.29 is 9.21 Å². The maximum absolute atomic E-state index is 13.0. The van der Waals surface area contributed by atoms with Crippen molar-refractivity contribution in [3.63, 3.8) is 0 Å². The Balaban J connectivity index is 1.50. The van der Waals surface area contributed by atoms with Gasteiger partial charge >= 0.3 is 0 Å². The molecule has 2 aliphatic carbocycles. The summed E-state index contributed by atoms with van der Waals surface area (Å²) in [7, 11) is 3.76. The molecule has 1 unspecified atom stereocenters. The number of fused-ring (bicyclic) bond motifs is 1. The second-order valence-electron chi connectivity index (χ2n) is 7.73. The van der Waals surface area contributed by atoms with Crippen LogP contribution < -0.4 is 5.32 Å². The Bertz CT molecular complexity index is 759. The molecule has 0 aromatic carbocycles. The average molecular weight is 356 g/mol. The fourth-order valence-corrected chi connectivity index (χ4v) is 4.42. The second-order valence-corrected chi connectivity index (χ2v) is 7.73. The minimum atomic E-state index is -0.0280. The Morgan fingerprint density at radius 2 is 2.15 bits per heavy atom. The van der Waals surface area contributed by atoms with E-state index < -0.39 is 0 Å². The fourth-order valence-electron chi connectivity index (χ4n) is 4.42. The molecule has 2 aromatic heterocycles. The highest BCUT2D eigenvalue weighted by Crippen LogP contribution is 2.27. The zero-order valence-corrected chi connectivity index (χ0v) is 15.7. The molecular weight excluding hydrogens is 328 g/mol. The van der Waals surface area contributed by atoms with Gasteiger partial charge in [-0.05, 0) is 44.2 Å². The largest absolute Gasteiger partial charge is 0.467 e. The molecule has 2 heterocycles. The third kappa shape index (κ3) is 3.43. The number of hydrogen-bond donors (Lipinski definition) is 1. The van der Waals surface area contributed by atoms with Crippen molar-refractivity contribution in [3.8, 4) is 0 Å². The van der Waals surface area contributed by atoms with E-state index in [1.54, 1.807) is 11.2 Å². The molecule has 0 aliphatic heterocycles. The number of amides is 1. The molecule has 1 atom stereocenters. The first kappa shape index (κ1) is 17.3. The third-order valence-electron chi connectivity index (χ3n) is 5.80. The SMILES string of the molecule is CN(Cc1ccco1)C(=O)c1nn(C)c2c1CC(NC1CCCC1)CC2. The Morgan fingerprint density at radius 3 is 2.88 bits per heavy atom. The van der Waals surface area contributed by atoms with Crippen LogP contribution in [0.2, 0.25) is 0 Å². The lowest BCUT2D eigenvalue weighted by Gasteiger charge is -2.27. The number of nitrogens with one attached hydrogen (secondary N) is 1. The smallest absolute Gasteiger partial charge is 0.274 e. The van der Waals surface area contributed by atoms with Crippen LogP contribution in [0.5, 0.6) is 0 Å². The van der Waals surface area contributed by atoms with Gasteiger partial charge < -0.3 is 14.6 Å². The zero-order chi connectivity index (χ0) is 18.1. The molecule has 0 spiro atoms. The summed E-state index contributed by atoms with van der Waals surface area (Å²) in [5, 5.41) is 8.40. The number of furan rings is 1. The molecule has 1 amide bonds. The van der Waals surface area contributed by atoms with Gasteiger partial charge in [-0.2, -0.15) is 5.10 Å². The highest BCUT2D eigenvalue weighted by molar-refractivity contribution is 5.94. The van der Waals surface area contributed by atoms with Gasteiger partial charge in [0, 0.05) is 37.4 Å². The molecule has 0 radical (unpaired) electrons. The molecule has 26 heavy (non-hydrogen) atoms. The molecule has 2 aliphatic rings. The van der Waals surface area contributed by atoms with Crippen molar-refractivity contribution in [2.75, 3.05) is 7.05 Å². The van der Waals surface area contributed by atoms with Crippen LogP contribution in [-0.4, -0.2) is 39.7 Å². The van der Waals surface area contributed by atoms with Gasteiger partial charge in [0.05, 0.1) is 12.8 Å². The van der Waals surface area contributed by atoms with Gasteiger partial charge in [-0.15, -0.1) is 0 Å². The van der Waals surface area contributed by atoms with Gasteiger partial charge in [-0.3, -0.25) is 9.48 Å². The normalized spacial score (nSPS) is 20.3. The summed E-state index contributed by atoms with van der Waals surface area (Å²) in [5.74, 6) is 0.756. The third-order valence-corrected chi connectivity index (χ3v) is 5.80. The number of carbonyl (C=O) groups is 1. The lowest BCUT2D eigenvalue weighted by Crippen LogP contribution is -2.41. The maximum atomic E-state index is 13.0. The van der Waals surface area contributed by atoms with Crippen molar-refractivity contribution in [1.29, 1.82) is 0 Å². The fraction of sp³-hybridized carbons (Fsp3) is 0.600. The lowest BCUT2D eigenvalue weighted by atomic mass is 9.90. The molecule has 6 nitrogen and oxygen atoms in total. The van der Waals surface area contributed by atoms with E-state index in [0.717, 1.165) is 30.6 Å². The van der Waals surface area contributed by atoms with Crippen LogP contribution in [0.25, 0.3) is 0 Å². The van der Waals surface area contributed by atoms with Crippen LogP contribution in [0, 0.1) is 0 Å². The van der Waals surface area contributed by atoms with Crippen molar-refractivity contribution >= 4 is 5.91 Å². The van der Waals surface area contributed by atoms with Gasteiger partial charge in [-0.1, -0.05) is 12.8 Å². The summed E-state index contributed by atoms with van der Waals surface area (Å²) >= 11 is 0. The molecule has 4 rings (SSSR count). The van der Waals surface area contributed by atoms with Crippen LogP contribution in [0.15, 0.2) is 22.8 Å². The van der Waals surface area contributed by atoms with E-state index in [-0.39, 0.29) is 5.91 Å². The van der Waals surface area contributed by atoms with Crippen molar-refractivity contribution in [1.82, 2.24) is 20.0 Å². The molecular formula is C20H28N4O2. The van der Waals surface area contributed by atoms with E-state index in [2.05, 4.69) is 10.4 Å². The maximum Gasteiger partial charge on any atom is 0.274 e. The standard InChI is InChI=1S/C20H28N4O2/c1-23(13-16-8-5-11-26-16)20(25)19-17-12-15(21-14-6-3-4-7-14)9-10-18(17)24(2)22-19/h5,8,11,14-15,21H,3-4,6-7,9-10,12-13H2,1-2H3. The first-order valence-corrected chi connectivity index (χ1v) is 9.70. The number of hydrogen-bond acceptors (Lipinski definition) is 4. The first-order valence-electron chi connectivity index (χ1n) is 9.70. The summed E-state index contributed by atoms with van der Waals surface area (Å²) in [5.41, 5.74) is 2.95. The van der Waals surface area contributed by atoms with Gasteiger partial charge in [0.25, 0.3) is 5.91 Å². The Labute approximate surface area is 154 Å². The van der Waals surface area contributed by atoms with E-state index >= 15 is 0 Å². The van der Waals surface area contributed by atoms with E-state index in [9.17, 15) is 4.79 Å². The van der Waals surface area contributed by atoms with Crippen LogP contribution in [-0.2, 0) is 26.4 Å². The van der Waals surface area contributed by atoms with E-state index in [1.165, 1.54) is 31.4 Å². The van der Waals surface area contributed by atoms with Crippen LogP contribution >= 0.6 is 0 Å². The topological polar surface area (TPSA) is 63.3 Å². The quantitative estimate of drug-likeness (QED) is 0.895. The number of aryl methyl sites for hydroxylation is 1. The molecule has 1 saturated carbocycles. The van der Waals surface area contributed by atoms with E-state index in [0.29, 0.717) is 24.3 Å². The van der Waals surface area contributed by atoms with Crippen LogP contribution in [0.4, 0.5) is 0 Å². The molecule has 1 fully saturated rings. The predicted octanol–water partition coefficient (Wildman–Crippen LogP) is 2.67. The van der Waals surface area contributed by atoms with E-state index in [4.69, 9.17) is 4.42 Å². The first-order chi connectivity index (χ1) is 12.6. The summed E-state index contributed by atoms with van der Waals surface area (Å²) in [6.07, 6.45) is 9.89. The molecule has 0 bridgehead atoms. The predicted molar refractivity (Wildman–Crippen MR) is 98.9 cm³/mol. The number of carbonyl (C=O) groups excluding carboxylic acids is 1. The minimum absolute atomic E-state index is 0.0280. The van der Waals surface area contributed by atoms with Gasteiger partial charge in [0.15, 0.2) is 5.69 Å². The Kier molecular flexibility index (Phi) is 4.85. The molecule has 2 aromatic rings. The summed E-state index contributed by atoms with van der Waals surface area (Å²) in [6, 6.07) is 4.84. The van der Waals surface area contributed by atoms with Crippen molar-refractivity contribution in [2.45, 2.75) is 63.6 Å². The average Bonchev–Trinajstić information content (AvgIpc) is 3.37. The monoisotopic (exact) mass is 356 g/mol. The van der Waals surface area contributed by atoms with Crippen LogP contribution in [0.1, 0.15) is 59.6 Å². The summed E-state index contributed by atoms with van der Waals surface area (Å²) in [4.78, 5) is 14.7. The molecule has 140 valence electrons. The Hall–Kier alpha value is -2.08. The number of rotatable bonds is 5. The number of nitrogens with zero attached hydrogens (tertiary/aromatic N) is 3. The van der Waals surface area contributed by atoms with Gasteiger partial charge in [0.1, 0.15) is 5.76 Å². The summed E-state index contributed by atoms with van der Waals surface area (Å²) < 4.78 is 7.27. The Morgan fingerprint density at radius 1 is 1.35 bits per heavy atom. The molecule has 6 heteroatoms. The second kappa shape index (κ2) is 7.27. The number of aromatic nitrogens is 2. The van der Waals surface area contributed by atoms with Gasteiger partial charge in [-0.25, -0.2) is 0 Å². The highest BCUT2D eigenvalue weighted by atomic mass is 16.3. The van der Waals surface area contributed by atoms with Crippen molar-refractivity contribution in [3.05, 3.63) is 41.1 Å². The lowest BCUT2D eigenvalue weighted by molar-refractivity contribution is 0.0767. The molecule has 0 saturated heterocycles. The highest BCUT2D eigenvalue weighted by Gasteiger charge is 2.31.